The standard InChI is InChI=1S/C16H24N2O/c1-10(2)13(15(17)19)18-14-12-8-6-5-7-11(12)9-16(14,3)4/h5-8,10,13-14,18H,9H2,1-4H3,(H2,17,19). The molecule has 0 heterocycles. The van der Waals surface area contributed by atoms with Crippen molar-refractivity contribution < 1.29 is 4.79 Å². The van der Waals surface area contributed by atoms with Gasteiger partial charge in [-0.2, -0.15) is 0 Å². The van der Waals surface area contributed by atoms with Crippen LogP contribution < -0.4 is 11.1 Å². The molecule has 0 radical (unpaired) electrons. The van der Waals surface area contributed by atoms with Crippen molar-refractivity contribution in [1.82, 2.24) is 5.32 Å². The summed E-state index contributed by atoms with van der Waals surface area (Å²) in [4.78, 5) is 11.6. The van der Waals surface area contributed by atoms with Crippen LogP contribution in [0.4, 0.5) is 0 Å². The highest BCUT2D eigenvalue weighted by Crippen LogP contribution is 2.45. The fourth-order valence-electron chi connectivity index (χ4n) is 3.09. The van der Waals surface area contributed by atoms with E-state index in [2.05, 4.69) is 43.4 Å². The molecule has 2 atom stereocenters. The average Bonchev–Trinajstić information content (AvgIpc) is 2.55. The van der Waals surface area contributed by atoms with Crippen molar-refractivity contribution in [2.45, 2.75) is 46.2 Å². The summed E-state index contributed by atoms with van der Waals surface area (Å²) in [6.45, 7) is 8.53. The van der Waals surface area contributed by atoms with E-state index < -0.39 is 0 Å². The first-order chi connectivity index (χ1) is 8.83. The van der Waals surface area contributed by atoms with Gasteiger partial charge in [-0.05, 0) is 28.9 Å². The van der Waals surface area contributed by atoms with Gasteiger partial charge in [0.1, 0.15) is 0 Å². The predicted molar refractivity (Wildman–Crippen MR) is 77.6 cm³/mol. The van der Waals surface area contributed by atoms with Crippen LogP contribution in [0.2, 0.25) is 0 Å². The SMILES string of the molecule is CC(C)C(NC1c2ccccc2CC1(C)C)C(N)=O. The van der Waals surface area contributed by atoms with Gasteiger partial charge in [0.15, 0.2) is 0 Å². The van der Waals surface area contributed by atoms with Crippen molar-refractivity contribution in [2.75, 3.05) is 0 Å². The third-order valence-corrected chi connectivity index (χ3v) is 4.11. The number of amides is 1. The number of carbonyl (C=O) groups excluding carboxylic acids is 1. The molecule has 104 valence electrons. The Morgan fingerprint density at radius 3 is 2.58 bits per heavy atom. The maximum absolute atomic E-state index is 11.6. The van der Waals surface area contributed by atoms with Crippen LogP contribution in [0.5, 0.6) is 0 Å². The second-order valence-electron chi connectivity index (χ2n) is 6.59. The van der Waals surface area contributed by atoms with Crippen molar-refractivity contribution in [2.24, 2.45) is 17.1 Å². The third-order valence-electron chi connectivity index (χ3n) is 4.11. The lowest BCUT2D eigenvalue weighted by atomic mass is 9.84. The van der Waals surface area contributed by atoms with Gasteiger partial charge in [-0.3, -0.25) is 10.1 Å². The van der Waals surface area contributed by atoms with Gasteiger partial charge < -0.3 is 5.73 Å². The zero-order chi connectivity index (χ0) is 14.2. The Morgan fingerprint density at radius 2 is 2.00 bits per heavy atom. The Kier molecular flexibility index (Phi) is 3.68. The first kappa shape index (κ1) is 14.1. The molecule has 3 nitrogen and oxygen atoms in total. The molecule has 1 aliphatic carbocycles. The first-order valence-corrected chi connectivity index (χ1v) is 6.96. The first-order valence-electron chi connectivity index (χ1n) is 6.96. The molecular weight excluding hydrogens is 236 g/mol. The molecule has 19 heavy (non-hydrogen) atoms. The van der Waals surface area contributed by atoms with Crippen molar-refractivity contribution in [3.63, 3.8) is 0 Å². The lowest BCUT2D eigenvalue weighted by Gasteiger charge is -2.33. The normalized spacial score (nSPS) is 22.3. The van der Waals surface area contributed by atoms with Crippen molar-refractivity contribution in [3.8, 4) is 0 Å². The smallest absolute Gasteiger partial charge is 0.234 e. The van der Waals surface area contributed by atoms with Crippen LogP contribution in [0.3, 0.4) is 0 Å². The number of rotatable bonds is 4. The summed E-state index contributed by atoms with van der Waals surface area (Å²) in [7, 11) is 0. The molecule has 2 rings (SSSR count). The molecule has 1 aromatic carbocycles. The molecule has 0 fully saturated rings. The van der Waals surface area contributed by atoms with Gasteiger partial charge in [0.25, 0.3) is 0 Å². The minimum Gasteiger partial charge on any atom is -0.368 e. The fourth-order valence-corrected chi connectivity index (χ4v) is 3.09. The lowest BCUT2D eigenvalue weighted by Crippen LogP contribution is -2.48. The summed E-state index contributed by atoms with van der Waals surface area (Å²) in [6.07, 6.45) is 1.03. The molecule has 0 aromatic heterocycles. The Balaban J connectivity index is 2.30. The van der Waals surface area contributed by atoms with E-state index in [1.165, 1.54) is 11.1 Å². The van der Waals surface area contributed by atoms with Gasteiger partial charge in [-0.15, -0.1) is 0 Å². The third kappa shape index (κ3) is 2.66. The van der Waals surface area contributed by atoms with E-state index in [4.69, 9.17) is 5.73 Å². The monoisotopic (exact) mass is 260 g/mol. The Labute approximate surface area is 115 Å². The summed E-state index contributed by atoms with van der Waals surface area (Å²) in [5.74, 6) is -0.0729. The van der Waals surface area contributed by atoms with Crippen molar-refractivity contribution >= 4 is 5.91 Å². The number of primary amides is 1. The van der Waals surface area contributed by atoms with Crippen LogP contribution in [-0.4, -0.2) is 11.9 Å². The fraction of sp³-hybridized carbons (Fsp3) is 0.562. The number of nitrogens with one attached hydrogen (secondary N) is 1. The number of nitrogens with two attached hydrogens (primary N) is 1. The van der Waals surface area contributed by atoms with Crippen molar-refractivity contribution in [3.05, 3.63) is 35.4 Å². The maximum atomic E-state index is 11.6. The minimum absolute atomic E-state index is 0.103. The average molecular weight is 260 g/mol. The van der Waals surface area contributed by atoms with E-state index in [9.17, 15) is 4.79 Å². The quantitative estimate of drug-likeness (QED) is 0.873. The molecule has 1 amide bonds. The van der Waals surface area contributed by atoms with Crippen LogP contribution in [-0.2, 0) is 11.2 Å². The highest BCUT2D eigenvalue weighted by atomic mass is 16.1. The molecule has 1 aliphatic rings. The molecule has 0 saturated heterocycles. The summed E-state index contributed by atoms with van der Waals surface area (Å²) in [5.41, 5.74) is 8.30. The number of hydrogen-bond acceptors (Lipinski definition) is 2. The second-order valence-corrected chi connectivity index (χ2v) is 6.59. The van der Waals surface area contributed by atoms with Gasteiger partial charge in [0.05, 0.1) is 6.04 Å². The topological polar surface area (TPSA) is 55.1 Å². The van der Waals surface area contributed by atoms with Gasteiger partial charge in [0, 0.05) is 6.04 Å². The van der Waals surface area contributed by atoms with Crippen LogP contribution in [0.15, 0.2) is 24.3 Å². The molecule has 1 aromatic rings. The molecule has 3 N–H and O–H groups in total. The van der Waals surface area contributed by atoms with Crippen molar-refractivity contribution in [1.29, 1.82) is 0 Å². The lowest BCUT2D eigenvalue weighted by molar-refractivity contribution is -0.121. The zero-order valence-corrected chi connectivity index (χ0v) is 12.2. The molecule has 0 bridgehead atoms. The van der Waals surface area contributed by atoms with Gasteiger partial charge in [-0.25, -0.2) is 0 Å². The Hall–Kier alpha value is -1.35. The summed E-state index contributed by atoms with van der Waals surface area (Å²) < 4.78 is 0. The summed E-state index contributed by atoms with van der Waals surface area (Å²) in [5, 5.41) is 3.49. The van der Waals surface area contributed by atoms with Crippen LogP contribution in [0.1, 0.15) is 44.9 Å². The van der Waals surface area contributed by atoms with E-state index in [1.54, 1.807) is 0 Å². The largest absolute Gasteiger partial charge is 0.368 e. The Morgan fingerprint density at radius 1 is 1.37 bits per heavy atom. The Bertz CT molecular complexity index is 479. The maximum Gasteiger partial charge on any atom is 0.234 e. The van der Waals surface area contributed by atoms with Gasteiger partial charge in [0.2, 0.25) is 5.91 Å². The van der Waals surface area contributed by atoms with E-state index in [0.717, 1.165) is 6.42 Å². The van der Waals surface area contributed by atoms with Crippen LogP contribution in [0.25, 0.3) is 0 Å². The number of benzene rings is 1. The summed E-state index contributed by atoms with van der Waals surface area (Å²) in [6, 6.07) is 8.36. The second kappa shape index (κ2) is 4.97. The summed E-state index contributed by atoms with van der Waals surface area (Å²) >= 11 is 0. The predicted octanol–water partition coefficient (Wildman–Crippen LogP) is 2.41. The molecule has 3 heteroatoms. The minimum atomic E-state index is -0.282. The van der Waals surface area contributed by atoms with E-state index in [1.807, 2.05) is 13.8 Å². The number of carbonyl (C=O) groups is 1. The van der Waals surface area contributed by atoms with Crippen LogP contribution in [0, 0.1) is 11.3 Å². The van der Waals surface area contributed by atoms with E-state index in [-0.39, 0.29) is 29.3 Å². The highest BCUT2D eigenvalue weighted by molar-refractivity contribution is 5.80. The van der Waals surface area contributed by atoms with Gasteiger partial charge in [-0.1, -0.05) is 52.0 Å². The molecule has 0 aliphatic heterocycles. The number of hydrogen-bond donors (Lipinski definition) is 2. The van der Waals surface area contributed by atoms with Crippen LogP contribution >= 0.6 is 0 Å². The molecule has 2 unspecified atom stereocenters. The molecule has 0 spiro atoms. The number of fused-ring (bicyclic) bond motifs is 1. The van der Waals surface area contributed by atoms with Gasteiger partial charge >= 0.3 is 0 Å². The molecule has 0 saturated carbocycles. The highest BCUT2D eigenvalue weighted by Gasteiger charge is 2.40. The zero-order valence-electron chi connectivity index (χ0n) is 12.2. The van der Waals surface area contributed by atoms with E-state index in [0.29, 0.717) is 0 Å². The van der Waals surface area contributed by atoms with E-state index >= 15 is 0 Å². The molecular formula is C16H24N2O.